The Labute approximate surface area is 117 Å². The average Bonchev–Trinajstić information content (AvgIpc) is 2.95. The van der Waals surface area contributed by atoms with E-state index in [0.29, 0.717) is 19.7 Å². The van der Waals surface area contributed by atoms with Crippen molar-refractivity contribution in [1.29, 1.82) is 0 Å². The lowest BCUT2D eigenvalue weighted by atomic mass is 10.1. The summed E-state index contributed by atoms with van der Waals surface area (Å²) in [5, 5.41) is 4.16. The van der Waals surface area contributed by atoms with Crippen LogP contribution in [0.3, 0.4) is 0 Å². The lowest BCUT2D eigenvalue weighted by Gasteiger charge is -2.33. The van der Waals surface area contributed by atoms with Gasteiger partial charge in [-0.25, -0.2) is 0 Å². The van der Waals surface area contributed by atoms with Crippen LogP contribution in [-0.4, -0.2) is 55.2 Å². The van der Waals surface area contributed by atoms with E-state index in [4.69, 9.17) is 4.74 Å². The third-order valence-electron chi connectivity index (χ3n) is 3.68. The van der Waals surface area contributed by atoms with Crippen LogP contribution in [0, 0.1) is 0 Å². The number of likely N-dealkylation sites (N-methyl/N-ethyl adjacent to an activating group) is 1. The summed E-state index contributed by atoms with van der Waals surface area (Å²) in [6.45, 7) is 2.64. The molecule has 2 aromatic rings. The minimum absolute atomic E-state index is 0.0699. The van der Waals surface area contributed by atoms with E-state index in [1.165, 1.54) is 0 Å². The second kappa shape index (κ2) is 5.64. The van der Waals surface area contributed by atoms with Crippen molar-refractivity contribution in [3.05, 3.63) is 36.0 Å². The van der Waals surface area contributed by atoms with E-state index in [1.54, 1.807) is 0 Å². The second-order valence-corrected chi connectivity index (χ2v) is 5.05. The number of nitrogens with zero attached hydrogens (tertiary/aromatic N) is 1. The van der Waals surface area contributed by atoms with Gasteiger partial charge in [0.05, 0.1) is 23.8 Å². The Bertz CT molecular complexity index is 606. The summed E-state index contributed by atoms with van der Waals surface area (Å²) in [4.78, 5) is 17.7. The molecule has 1 aliphatic heterocycles. The second-order valence-electron chi connectivity index (χ2n) is 5.05. The quantitative estimate of drug-likeness (QED) is 0.884. The van der Waals surface area contributed by atoms with Crippen molar-refractivity contribution in [3.8, 4) is 0 Å². The molecule has 1 aromatic heterocycles. The molecule has 2 heterocycles. The lowest BCUT2D eigenvalue weighted by molar-refractivity contribution is -0.0195. The van der Waals surface area contributed by atoms with E-state index in [1.807, 2.05) is 42.4 Å². The summed E-state index contributed by atoms with van der Waals surface area (Å²) in [6.07, 6.45) is 1.94. The third-order valence-corrected chi connectivity index (χ3v) is 3.68. The number of aromatic amines is 1. The van der Waals surface area contributed by atoms with Crippen molar-refractivity contribution in [2.24, 2.45) is 0 Å². The average molecular weight is 273 g/mol. The van der Waals surface area contributed by atoms with Crippen LogP contribution in [0.5, 0.6) is 0 Å². The standard InChI is InChI=1S/C15H19N3O2/c1-16-9-12-10-18(7-8-20-12)15(19)13-4-2-3-11-5-6-17-14(11)13/h2-6,12,16-17H,7-10H2,1H3. The van der Waals surface area contributed by atoms with Crippen LogP contribution in [-0.2, 0) is 4.74 Å². The number of hydrogen-bond acceptors (Lipinski definition) is 3. The maximum atomic E-state index is 12.7. The third kappa shape index (κ3) is 2.42. The summed E-state index contributed by atoms with van der Waals surface area (Å²) in [6, 6.07) is 7.79. The molecular formula is C15H19N3O2. The number of benzene rings is 1. The fourth-order valence-electron chi connectivity index (χ4n) is 2.69. The Balaban J connectivity index is 1.83. The first-order valence-electron chi connectivity index (χ1n) is 6.91. The van der Waals surface area contributed by atoms with Crippen molar-refractivity contribution >= 4 is 16.8 Å². The Hall–Kier alpha value is -1.85. The topological polar surface area (TPSA) is 57.4 Å². The molecule has 0 spiro atoms. The molecule has 1 unspecified atom stereocenters. The summed E-state index contributed by atoms with van der Waals surface area (Å²) in [5.74, 6) is 0.0717. The summed E-state index contributed by atoms with van der Waals surface area (Å²) in [5.41, 5.74) is 1.65. The van der Waals surface area contributed by atoms with Crippen molar-refractivity contribution in [1.82, 2.24) is 15.2 Å². The number of amides is 1. The highest BCUT2D eigenvalue weighted by atomic mass is 16.5. The fourth-order valence-corrected chi connectivity index (χ4v) is 2.69. The number of aromatic nitrogens is 1. The van der Waals surface area contributed by atoms with Crippen molar-refractivity contribution in [2.45, 2.75) is 6.10 Å². The van der Waals surface area contributed by atoms with E-state index < -0.39 is 0 Å². The van der Waals surface area contributed by atoms with Gasteiger partial charge < -0.3 is 19.9 Å². The van der Waals surface area contributed by atoms with Crippen LogP contribution in [0.15, 0.2) is 30.5 Å². The van der Waals surface area contributed by atoms with Gasteiger partial charge in [-0.15, -0.1) is 0 Å². The predicted molar refractivity (Wildman–Crippen MR) is 77.9 cm³/mol. The number of nitrogens with one attached hydrogen (secondary N) is 2. The largest absolute Gasteiger partial charge is 0.373 e. The zero-order valence-corrected chi connectivity index (χ0v) is 11.6. The molecule has 106 valence electrons. The zero-order chi connectivity index (χ0) is 13.9. The summed E-state index contributed by atoms with van der Waals surface area (Å²) < 4.78 is 5.64. The summed E-state index contributed by atoms with van der Waals surface area (Å²) in [7, 11) is 1.89. The first-order valence-corrected chi connectivity index (χ1v) is 6.91. The van der Waals surface area contributed by atoms with E-state index in [2.05, 4.69) is 10.3 Å². The fraction of sp³-hybridized carbons (Fsp3) is 0.400. The van der Waals surface area contributed by atoms with Gasteiger partial charge in [0.2, 0.25) is 0 Å². The maximum absolute atomic E-state index is 12.7. The Morgan fingerprint density at radius 1 is 1.50 bits per heavy atom. The Morgan fingerprint density at radius 2 is 2.40 bits per heavy atom. The van der Waals surface area contributed by atoms with Gasteiger partial charge in [0.15, 0.2) is 0 Å². The molecule has 0 bridgehead atoms. The molecule has 1 atom stereocenters. The van der Waals surface area contributed by atoms with Crippen molar-refractivity contribution in [3.63, 3.8) is 0 Å². The van der Waals surface area contributed by atoms with Crippen LogP contribution in [0.2, 0.25) is 0 Å². The van der Waals surface area contributed by atoms with Crippen LogP contribution in [0.25, 0.3) is 10.9 Å². The SMILES string of the molecule is CNCC1CN(C(=O)c2cccc3cc[nH]c23)CCO1. The number of ether oxygens (including phenoxy) is 1. The predicted octanol–water partition coefficient (Wildman–Crippen LogP) is 1.23. The molecule has 1 saturated heterocycles. The molecule has 1 aliphatic rings. The van der Waals surface area contributed by atoms with Crippen LogP contribution in [0.1, 0.15) is 10.4 Å². The van der Waals surface area contributed by atoms with Gasteiger partial charge in [-0.2, -0.15) is 0 Å². The molecule has 0 aliphatic carbocycles. The van der Waals surface area contributed by atoms with Gasteiger partial charge in [-0.05, 0) is 19.2 Å². The molecular weight excluding hydrogens is 254 g/mol. The highest BCUT2D eigenvalue weighted by molar-refractivity contribution is 6.05. The normalized spacial score (nSPS) is 19.4. The number of H-pyrrole nitrogens is 1. The number of carbonyl (C=O) groups excluding carboxylic acids is 1. The van der Waals surface area contributed by atoms with Gasteiger partial charge in [0.1, 0.15) is 0 Å². The van der Waals surface area contributed by atoms with Crippen LogP contribution in [0.4, 0.5) is 0 Å². The van der Waals surface area contributed by atoms with E-state index in [0.717, 1.165) is 23.0 Å². The smallest absolute Gasteiger partial charge is 0.256 e. The first kappa shape index (κ1) is 13.1. The first-order chi connectivity index (χ1) is 9.79. The van der Waals surface area contributed by atoms with Crippen LogP contribution < -0.4 is 5.32 Å². The molecule has 0 radical (unpaired) electrons. The molecule has 1 aromatic carbocycles. The van der Waals surface area contributed by atoms with Gasteiger partial charge in [-0.3, -0.25) is 4.79 Å². The maximum Gasteiger partial charge on any atom is 0.256 e. The Morgan fingerprint density at radius 3 is 3.25 bits per heavy atom. The minimum atomic E-state index is 0.0699. The number of rotatable bonds is 3. The monoisotopic (exact) mass is 273 g/mol. The van der Waals surface area contributed by atoms with Crippen molar-refractivity contribution in [2.75, 3.05) is 33.3 Å². The van der Waals surface area contributed by atoms with E-state index in [-0.39, 0.29) is 12.0 Å². The van der Waals surface area contributed by atoms with Gasteiger partial charge in [-0.1, -0.05) is 12.1 Å². The lowest BCUT2D eigenvalue weighted by Crippen LogP contribution is -2.48. The molecule has 5 heteroatoms. The molecule has 3 rings (SSSR count). The molecule has 1 fully saturated rings. The molecule has 0 saturated carbocycles. The number of fused-ring (bicyclic) bond motifs is 1. The number of para-hydroxylation sites is 1. The van der Waals surface area contributed by atoms with Gasteiger partial charge in [0, 0.05) is 31.2 Å². The van der Waals surface area contributed by atoms with Crippen molar-refractivity contribution < 1.29 is 9.53 Å². The van der Waals surface area contributed by atoms with Gasteiger partial charge >= 0.3 is 0 Å². The Kier molecular flexibility index (Phi) is 3.71. The highest BCUT2D eigenvalue weighted by Crippen LogP contribution is 2.19. The highest BCUT2D eigenvalue weighted by Gasteiger charge is 2.25. The van der Waals surface area contributed by atoms with Crippen LogP contribution >= 0.6 is 0 Å². The van der Waals surface area contributed by atoms with E-state index >= 15 is 0 Å². The molecule has 20 heavy (non-hydrogen) atoms. The number of carbonyl (C=O) groups is 1. The minimum Gasteiger partial charge on any atom is -0.373 e. The van der Waals surface area contributed by atoms with Gasteiger partial charge in [0.25, 0.3) is 5.91 Å². The summed E-state index contributed by atoms with van der Waals surface area (Å²) >= 11 is 0. The number of hydrogen-bond donors (Lipinski definition) is 2. The zero-order valence-electron chi connectivity index (χ0n) is 11.6. The number of morpholine rings is 1. The van der Waals surface area contributed by atoms with E-state index in [9.17, 15) is 4.79 Å². The molecule has 2 N–H and O–H groups in total. The molecule has 5 nitrogen and oxygen atoms in total. The molecule has 1 amide bonds.